The van der Waals surface area contributed by atoms with E-state index in [9.17, 15) is 13.2 Å². The third-order valence-corrected chi connectivity index (χ3v) is 5.61. The van der Waals surface area contributed by atoms with Crippen LogP contribution in [0.25, 0.3) is 0 Å². The van der Waals surface area contributed by atoms with Crippen LogP contribution in [0.5, 0.6) is 0 Å². The molecule has 1 amide bonds. The zero-order chi connectivity index (χ0) is 17.0. The Kier molecular flexibility index (Phi) is 6.41. The molecule has 2 atom stereocenters. The Hall–Kier alpha value is -0.700. The molecule has 2 fully saturated rings. The van der Waals surface area contributed by atoms with E-state index in [4.69, 9.17) is 0 Å². The van der Waals surface area contributed by atoms with Crippen molar-refractivity contribution in [3.05, 3.63) is 0 Å². The molecule has 2 aliphatic heterocycles. The van der Waals surface area contributed by atoms with Crippen molar-refractivity contribution in [2.75, 3.05) is 58.6 Å². The Morgan fingerprint density at radius 3 is 2.57 bits per heavy atom. The highest BCUT2D eigenvalue weighted by atomic mass is 32.2. The summed E-state index contributed by atoms with van der Waals surface area (Å²) in [7, 11) is -3.11. The molecule has 0 aromatic rings. The Labute approximate surface area is 140 Å². The van der Waals surface area contributed by atoms with Crippen LogP contribution in [0.1, 0.15) is 20.3 Å². The molecule has 0 bridgehead atoms. The number of rotatable bonds is 5. The monoisotopic (exact) mass is 346 g/mol. The maximum absolute atomic E-state index is 11.5. The van der Waals surface area contributed by atoms with Gasteiger partial charge in [-0.05, 0) is 12.3 Å². The smallest absolute Gasteiger partial charge is 0.219 e. The summed E-state index contributed by atoms with van der Waals surface area (Å²) in [5.41, 5.74) is 0. The van der Waals surface area contributed by atoms with E-state index >= 15 is 0 Å². The second-order valence-corrected chi connectivity index (χ2v) is 8.70. The minimum absolute atomic E-state index is 0.166. The molecule has 2 saturated heterocycles. The van der Waals surface area contributed by atoms with Crippen molar-refractivity contribution in [1.82, 2.24) is 19.4 Å². The molecule has 0 saturated carbocycles. The second kappa shape index (κ2) is 7.92. The van der Waals surface area contributed by atoms with Gasteiger partial charge in [0.2, 0.25) is 15.9 Å². The average Bonchev–Trinajstić information content (AvgIpc) is 2.66. The number of likely N-dealkylation sites (tertiary alicyclic amines) is 1. The van der Waals surface area contributed by atoms with Crippen LogP contribution in [0.4, 0.5) is 0 Å². The van der Waals surface area contributed by atoms with Gasteiger partial charge in [0.25, 0.3) is 0 Å². The maximum Gasteiger partial charge on any atom is 0.219 e. The van der Waals surface area contributed by atoms with Gasteiger partial charge in [-0.2, -0.15) is 0 Å². The van der Waals surface area contributed by atoms with Crippen LogP contribution < -0.4 is 4.72 Å². The number of carbonyl (C=O) groups is 1. The number of amides is 1. The molecule has 0 spiro atoms. The van der Waals surface area contributed by atoms with Crippen molar-refractivity contribution in [2.45, 2.75) is 26.3 Å². The number of carbonyl (C=O) groups excluding carboxylic acids is 1. The van der Waals surface area contributed by atoms with Crippen LogP contribution in [0.3, 0.4) is 0 Å². The van der Waals surface area contributed by atoms with E-state index < -0.39 is 10.0 Å². The van der Waals surface area contributed by atoms with Gasteiger partial charge in [-0.25, -0.2) is 13.1 Å². The third-order valence-electron chi connectivity index (χ3n) is 4.89. The maximum atomic E-state index is 11.5. The second-order valence-electron chi connectivity index (χ2n) is 6.87. The minimum atomic E-state index is -3.11. The summed E-state index contributed by atoms with van der Waals surface area (Å²) >= 11 is 0. The minimum Gasteiger partial charge on any atom is -0.342 e. The average molecular weight is 346 g/mol. The van der Waals surface area contributed by atoms with Gasteiger partial charge in [0, 0.05) is 65.3 Å². The fraction of sp³-hybridized carbons (Fsp3) is 0.933. The van der Waals surface area contributed by atoms with Gasteiger partial charge in [-0.1, -0.05) is 6.92 Å². The number of hydrogen-bond donors (Lipinski definition) is 1. The van der Waals surface area contributed by atoms with Gasteiger partial charge >= 0.3 is 0 Å². The van der Waals surface area contributed by atoms with Gasteiger partial charge in [0.1, 0.15) is 0 Å². The van der Waals surface area contributed by atoms with E-state index in [1.54, 1.807) is 6.92 Å². The Balaban J connectivity index is 1.82. The van der Waals surface area contributed by atoms with E-state index in [0.29, 0.717) is 18.5 Å². The van der Waals surface area contributed by atoms with E-state index in [-0.39, 0.29) is 5.91 Å². The van der Waals surface area contributed by atoms with Gasteiger partial charge in [0.15, 0.2) is 0 Å². The lowest BCUT2D eigenvalue weighted by Crippen LogP contribution is -2.43. The van der Waals surface area contributed by atoms with Gasteiger partial charge < -0.3 is 9.80 Å². The lowest BCUT2D eigenvalue weighted by Gasteiger charge is -2.30. The molecule has 0 aromatic heterocycles. The van der Waals surface area contributed by atoms with Crippen molar-refractivity contribution in [1.29, 1.82) is 0 Å². The molecule has 7 nitrogen and oxygen atoms in total. The van der Waals surface area contributed by atoms with Crippen molar-refractivity contribution < 1.29 is 13.2 Å². The molecular formula is C15H30N4O3S. The fourth-order valence-corrected chi connectivity index (χ4v) is 4.14. The van der Waals surface area contributed by atoms with Crippen molar-refractivity contribution in [2.24, 2.45) is 5.92 Å². The summed E-state index contributed by atoms with van der Waals surface area (Å²) in [5.74, 6) is 0.733. The quantitative estimate of drug-likeness (QED) is 0.720. The molecule has 0 aliphatic carbocycles. The normalized spacial score (nSPS) is 28.0. The number of nitrogens with one attached hydrogen (secondary N) is 1. The first-order valence-electron chi connectivity index (χ1n) is 8.43. The van der Waals surface area contributed by atoms with E-state index in [2.05, 4.69) is 21.4 Å². The molecule has 2 rings (SSSR count). The first-order valence-corrected chi connectivity index (χ1v) is 10.3. The molecule has 2 heterocycles. The van der Waals surface area contributed by atoms with E-state index in [0.717, 1.165) is 52.2 Å². The summed E-state index contributed by atoms with van der Waals surface area (Å²) in [6.07, 6.45) is 2.22. The van der Waals surface area contributed by atoms with Crippen LogP contribution in [0.2, 0.25) is 0 Å². The van der Waals surface area contributed by atoms with Crippen LogP contribution in [-0.4, -0.2) is 93.7 Å². The summed E-state index contributed by atoms with van der Waals surface area (Å²) in [6.45, 7) is 10.8. The van der Waals surface area contributed by atoms with Crippen LogP contribution in [0.15, 0.2) is 0 Å². The van der Waals surface area contributed by atoms with Crippen molar-refractivity contribution in [3.8, 4) is 0 Å². The number of hydrogen-bond acceptors (Lipinski definition) is 5. The Morgan fingerprint density at radius 2 is 1.91 bits per heavy atom. The van der Waals surface area contributed by atoms with Crippen LogP contribution >= 0.6 is 0 Å². The van der Waals surface area contributed by atoms with Crippen molar-refractivity contribution >= 4 is 15.9 Å². The summed E-state index contributed by atoms with van der Waals surface area (Å²) < 4.78 is 24.8. The predicted molar refractivity (Wildman–Crippen MR) is 90.7 cm³/mol. The van der Waals surface area contributed by atoms with Crippen LogP contribution in [-0.2, 0) is 14.8 Å². The molecule has 134 valence electrons. The van der Waals surface area contributed by atoms with Gasteiger partial charge in [-0.15, -0.1) is 0 Å². The zero-order valence-electron chi connectivity index (χ0n) is 14.5. The lowest BCUT2D eigenvalue weighted by molar-refractivity contribution is -0.128. The molecule has 2 aliphatic rings. The van der Waals surface area contributed by atoms with Crippen molar-refractivity contribution in [3.63, 3.8) is 0 Å². The standard InChI is InChI=1S/C15H30N4O3S/c1-13-11-17(8-5-16-23(3,21)22)12-15(13)19-7-4-6-18(9-10-19)14(2)20/h13,15-16H,4-12H2,1-3H3/t13-,15+/m1/s1. The predicted octanol–water partition coefficient (Wildman–Crippen LogP) is -0.590. The van der Waals surface area contributed by atoms with Gasteiger partial charge in [-0.3, -0.25) is 9.69 Å². The SMILES string of the molecule is CC(=O)N1CCCN([C@H]2CN(CCNS(C)(=O)=O)C[C@H]2C)CC1. The molecule has 8 heteroatoms. The van der Waals surface area contributed by atoms with E-state index in [1.165, 1.54) is 6.26 Å². The summed E-state index contributed by atoms with van der Waals surface area (Å²) in [6, 6.07) is 0.500. The highest BCUT2D eigenvalue weighted by Crippen LogP contribution is 2.22. The lowest BCUT2D eigenvalue weighted by atomic mass is 10.0. The first kappa shape index (κ1) is 18.6. The third kappa shape index (κ3) is 5.70. The largest absolute Gasteiger partial charge is 0.342 e. The summed E-state index contributed by atoms with van der Waals surface area (Å²) in [5, 5.41) is 0. The molecule has 0 unspecified atom stereocenters. The number of nitrogens with zero attached hydrogens (tertiary/aromatic N) is 3. The molecule has 0 aromatic carbocycles. The zero-order valence-corrected chi connectivity index (χ0v) is 15.3. The van der Waals surface area contributed by atoms with Gasteiger partial charge in [0.05, 0.1) is 6.26 Å². The Morgan fingerprint density at radius 1 is 1.17 bits per heavy atom. The Bertz CT molecular complexity index is 511. The van der Waals surface area contributed by atoms with Crippen LogP contribution in [0, 0.1) is 5.92 Å². The molecule has 23 heavy (non-hydrogen) atoms. The number of sulfonamides is 1. The highest BCUT2D eigenvalue weighted by molar-refractivity contribution is 7.88. The summed E-state index contributed by atoms with van der Waals surface area (Å²) in [4.78, 5) is 18.3. The molecular weight excluding hydrogens is 316 g/mol. The molecule has 1 N–H and O–H groups in total. The van der Waals surface area contributed by atoms with E-state index in [1.807, 2.05) is 4.90 Å². The first-order chi connectivity index (χ1) is 10.8. The highest BCUT2D eigenvalue weighted by Gasteiger charge is 2.34. The fourth-order valence-electron chi connectivity index (χ4n) is 3.68. The molecule has 0 radical (unpaired) electrons. The topological polar surface area (TPSA) is 73.0 Å².